The van der Waals surface area contributed by atoms with Crippen molar-refractivity contribution in [2.45, 2.75) is 47.5 Å². The first-order valence-electron chi connectivity index (χ1n) is 10.2. The molecule has 150 valence electrons. The van der Waals surface area contributed by atoms with Crippen LogP contribution in [0.15, 0.2) is 18.2 Å². The molecule has 0 amide bonds. The first kappa shape index (κ1) is 19.8. The average Bonchev–Trinajstić information content (AvgIpc) is 2.92. The molecule has 0 radical (unpaired) electrons. The van der Waals surface area contributed by atoms with Crippen LogP contribution in [0.2, 0.25) is 5.02 Å². The van der Waals surface area contributed by atoms with Crippen molar-refractivity contribution in [3.8, 4) is 11.8 Å². The number of benzene rings is 1. The van der Waals surface area contributed by atoms with Gasteiger partial charge in [-0.25, -0.2) is 4.98 Å². The van der Waals surface area contributed by atoms with Crippen LogP contribution in [0.1, 0.15) is 40.9 Å². The van der Waals surface area contributed by atoms with Crippen LogP contribution in [0.3, 0.4) is 0 Å². The zero-order chi connectivity index (χ0) is 20.9. The van der Waals surface area contributed by atoms with Crippen molar-refractivity contribution in [3.63, 3.8) is 0 Å². The van der Waals surface area contributed by atoms with E-state index in [1.807, 2.05) is 12.1 Å². The van der Waals surface area contributed by atoms with E-state index in [1.54, 1.807) is 0 Å². The van der Waals surface area contributed by atoms with Gasteiger partial charge in [0.15, 0.2) is 0 Å². The van der Waals surface area contributed by atoms with Gasteiger partial charge in [0.25, 0.3) is 0 Å². The molecule has 0 N–H and O–H groups in total. The predicted molar refractivity (Wildman–Crippen MR) is 120 cm³/mol. The van der Waals surface area contributed by atoms with Gasteiger partial charge in [0.2, 0.25) is 0 Å². The number of piperidine rings is 1. The van der Waals surface area contributed by atoms with Crippen LogP contribution in [-0.2, 0) is 0 Å². The highest BCUT2D eigenvalue weighted by Gasteiger charge is 2.25. The number of pyridine rings is 1. The molecule has 0 unspecified atom stereocenters. The number of aryl methyl sites for hydroxylation is 4. The molecule has 3 aromatic rings. The van der Waals surface area contributed by atoms with Gasteiger partial charge >= 0.3 is 0 Å². The van der Waals surface area contributed by atoms with Crippen molar-refractivity contribution >= 4 is 28.3 Å². The summed E-state index contributed by atoms with van der Waals surface area (Å²) in [7, 11) is 0. The number of nitriles is 1. The van der Waals surface area contributed by atoms with Gasteiger partial charge in [0.05, 0.1) is 11.8 Å². The smallest absolute Gasteiger partial charge is 0.147 e. The molecule has 4 nitrogen and oxygen atoms in total. The van der Waals surface area contributed by atoms with Crippen molar-refractivity contribution < 1.29 is 0 Å². The summed E-state index contributed by atoms with van der Waals surface area (Å²) in [6.07, 6.45) is 1.85. The average molecular weight is 407 g/mol. The number of nitrogens with zero attached hydrogens (tertiary/aromatic N) is 4. The quantitative estimate of drug-likeness (QED) is 0.527. The maximum atomic E-state index is 9.25. The Labute approximate surface area is 177 Å². The maximum absolute atomic E-state index is 9.25. The Kier molecular flexibility index (Phi) is 5.04. The van der Waals surface area contributed by atoms with Crippen LogP contribution in [-0.4, -0.2) is 22.6 Å². The highest BCUT2D eigenvalue weighted by Crippen LogP contribution is 2.38. The molecular weight excluding hydrogens is 380 g/mol. The molecule has 29 heavy (non-hydrogen) atoms. The van der Waals surface area contributed by atoms with E-state index in [9.17, 15) is 5.26 Å². The minimum Gasteiger partial charge on any atom is -0.371 e. The van der Waals surface area contributed by atoms with E-state index in [-0.39, 0.29) is 5.92 Å². The summed E-state index contributed by atoms with van der Waals surface area (Å²) in [6.45, 7) is 12.5. The summed E-state index contributed by atoms with van der Waals surface area (Å²) < 4.78 is 2.30. The molecule has 1 aliphatic rings. The van der Waals surface area contributed by atoms with Gasteiger partial charge in [0.1, 0.15) is 5.65 Å². The molecule has 1 aromatic carbocycles. The Balaban J connectivity index is 1.95. The summed E-state index contributed by atoms with van der Waals surface area (Å²) >= 11 is 6.29. The zero-order valence-corrected chi connectivity index (χ0v) is 18.6. The molecule has 0 atom stereocenters. The van der Waals surface area contributed by atoms with Crippen molar-refractivity contribution in [1.82, 2.24) is 9.55 Å². The van der Waals surface area contributed by atoms with E-state index >= 15 is 0 Å². The third kappa shape index (κ3) is 3.28. The highest BCUT2D eigenvalue weighted by atomic mass is 35.5. The lowest BCUT2D eigenvalue weighted by molar-refractivity contribution is 0.488. The fourth-order valence-electron chi connectivity index (χ4n) is 4.70. The molecule has 1 fully saturated rings. The first-order valence-corrected chi connectivity index (χ1v) is 10.6. The molecular formula is C24H27ClN4. The molecule has 3 heterocycles. The minimum atomic E-state index is 0.177. The lowest BCUT2D eigenvalue weighted by Crippen LogP contribution is -2.33. The van der Waals surface area contributed by atoms with Gasteiger partial charge in [-0.3, -0.25) is 4.57 Å². The third-order valence-electron chi connectivity index (χ3n) is 6.27. The molecule has 0 aliphatic carbocycles. The number of hydrogen-bond acceptors (Lipinski definition) is 3. The fourth-order valence-corrected chi connectivity index (χ4v) is 5.02. The van der Waals surface area contributed by atoms with E-state index in [1.165, 1.54) is 22.3 Å². The Bertz CT molecular complexity index is 1120. The van der Waals surface area contributed by atoms with Gasteiger partial charge in [-0.05, 0) is 82.3 Å². The van der Waals surface area contributed by atoms with E-state index in [0.717, 1.165) is 59.1 Å². The molecule has 2 aromatic heterocycles. The van der Waals surface area contributed by atoms with E-state index in [2.05, 4.69) is 56.2 Å². The summed E-state index contributed by atoms with van der Waals surface area (Å²) in [6, 6.07) is 8.68. The molecule has 1 aliphatic heterocycles. The fraction of sp³-hybridized carbons (Fsp3) is 0.417. The molecule has 0 spiro atoms. The maximum Gasteiger partial charge on any atom is 0.147 e. The van der Waals surface area contributed by atoms with Crippen molar-refractivity contribution in [1.29, 1.82) is 5.26 Å². The topological polar surface area (TPSA) is 44.9 Å². The minimum absolute atomic E-state index is 0.177. The summed E-state index contributed by atoms with van der Waals surface area (Å²) in [5.74, 6) is 0.177. The van der Waals surface area contributed by atoms with Crippen molar-refractivity contribution in [2.24, 2.45) is 5.92 Å². The van der Waals surface area contributed by atoms with E-state index < -0.39 is 0 Å². The molecule has 1 saturated heterocycles. The number of halogens is 1. The van der Waals surface area contributed by atoms with Gasteiger partial charge < -0.3 is 4.90 Å². The monoisotopic (exact) mass is 406 g/mol. The standard InChI is InChI=1S/C24H27ClN4/c1-14-10-20(25)11-15(2)23(14)29-18(5)17(4)22-21(12-16(3)27-24(22)29)28-8-6-19(13-26)7-9-28/h10-12,19H,6-9H2,1-5H3. The van der Waals surface area contributed by atoms with E-state index in [0.29, 0.717) is 0 Å². The zero-order valence-electron chi connectivity index (χ0n) is 17.8. The molecule has 4 rings (SSSR count). The summed E-state index contributed by atoms with van der Waals surface area (Å²) in [5, 5.41) is 11.2. The van der Waals surface area contributed by atoms with Crippen molar-refractivity contribution in [3.05, 3.63) is 51.3 Å². The molecule has 0 bridgehead atoms. The number of hydrogen-bond donors (Lipinski definition) is 0. The van der Waals surface area contributed by atoms with Gasteiger partial charge in [-0.15, -0.1) is 0 Å². The Morgan fingerprint density at radius 1 is 1.03 bits per heavy atom. The number of rotatable bonds is 2. The SMILES string of the molecule is Cc1cc(N2CCC(C#N)CC2)c2c(C)c(C)n(-c3c(C)cc(Cl)cc3C)c2n1. The highest BCUT2D eigenvalue weighted by molar-refractivity contribution is 6.30. The van der Waals surface area contributed by atoms with Crippen molar-refractivity contribution in [2.75, 3.05) is 18.0 Å². The second-order valence-corrected chi connectivity index (χ2v) is 8.74. The second-order valence-electron chi connectivity index (χ2n) is 8.31. The van der Waals surface area contributed by atoms with Crippen LogP contribution in [0.25, 0.3) is 16.7 Å². The summed E-state index contributed by atoms with van der Waals surface area (Å²) in [5.41, 5.74) is 9.19. The second kappa shape index (κ2) is 7.39. The lowest BCUT2D eigenvalue weighted by atomic mass is 9.97. The molecule has 0 saturated carbocycles. The lowest BCUT2D eigenvalue weighted by Gasteiger charge is -2.32. The summed E-state index contributed by atoms with van der Waals surface area (Å²) in [4.78, 5) is 7.41. The molecule has 5 heteroatoms. The van der Waals surface area contributed by atoms with Gasteiger partial charge in [-0.1, -0.05) is 11.6 Å². The van der Waals surface area contributed by atoms with Crippen LogP contribution < -0.4 is 4.90 Å². The van der Waals surface area contributed by atoms with Gasteiger partial charge in [0, 0.05) is 46.5 Å². The predicted octanol–water partition coefficient (Wildman–Crippen LogP) is 5.96. The van der Waals surface area contributed by atoms with E-state index in [4.69, 9.17) is 16.6 Å². The number of fused-ring (bicyclic) bond motifs is 1. The Morgan fingerprint density at radius 2 is 1.66 bits per heavy atom. The number of aromatic nitrogens is 2. The number of anilines is 1. The Morgan fingerprint density at radius 3 is 2.24 bits per heavy atom. The van der Waals surface area contributed by atoms with Gasteiger partial charge in [-0.2, -0.15) is 5.26 Å². The normalized spacial score (nSPS) is 15.1. The first-order chi connectivity index (χ1) is 13.8. The van der Waals surface area contributed by atoms with Crippen LogP contribution >= 0.6 is 11.6 Å². The van der Waals surface area contributed by atoms with Crippen LogP contribution in [0.5, 0.6) is 0 Å². The van der Waals surface area contributed by atoms with Crippen LogP contribution in [0.4, 0.5) is 5.69 Å². The largest absolute Gasteiger partial charge is 0.371 e. The third-order valence-corrected chi connectivity index (χ3v) is 6.49. The van der Waals surface area contributed by atoms with Crippen LogP contribution in [0, 0.1) is 51.9 Å². The Hall–Kier alpha value is -2.51.